The number of carbonyl (C=O) groups is 1. The van der Waals surface area contributed by atoms with Gasteiger partial charge in [0.25, 0.3) is 11.5 Å². The van der Waals surface area contributed by atoms with Gasteiger partial charge in [-0.2, -0.15) is 5.26 Å². The first-order chi connectivity index (χ1) is 14.5. The van der Waals surface area contributed by atoms with Crippen LogP contribution in [0.2, 0.25) is 0 Å². The molecule has 0 radical (unpaired) electrons. The summed E-state index contributed by atoms with van der Waals surface area (Å²) in [6.07, 6.45) is 2.40. The zero-order chi connectivity index (χ0) is 21.3. The van der Waals surface area contributed by atoms with E-state index in [9.17, 15) is 9.59 Å². The molecule has 7 nitrogen and oxygen atoms in total. The Hall–Kier alpha value is -3.02. The van der Waals surface area contributed by atoms with Crippen molar-refractivity contribution in [3.63, 3.8) is 0 Å². The average molecular weight is 422 g/mol. The van der Waals surface area contributed by atoms with E-state index in [1.54, 1.807) is 7.05 Å². The maximum atomic E-state index is 13.2. The minimum absolute atomic E-state index is 0.0159. The Morgan fingerprint density at radius 2 is 1.97 bits per heavy atom. The molecule has 1 saturated heterocycles. The molecule has 1 aliphatic rings. The largest absolute Gasteiger partial charge is 0.337 e. The van der Waals surface area contributed by atoms with Crippen LogP contribution in [0.1, 0.15) is 32.8 Å². The summed E-state index contributed by atoms with van der Waals surface area (Å²) in [5.41, 5.74) is 2.44. The summed E-state index contributed by atoms with van der Waals surface area (Å²) in [5.74, 6) is -0.0159. The highest BCUT2D eigenvalue weighted by Crippen LogP contribution is 2.28. The van der Waals surface area contributed by atoms with Gasteiger partial charge in [-0.3, -0.25) is 14.5 Å². The van der Waals surface area contributed by atoms with Gasteiger partial charge in [-0.15, -0.1) is 11.3 Å². The molecular weight excluding hydrogens is 398 g/mol. The Bertz CT molecular complexity index is 1190. The SMILES string of the molecule is Cc1c(C(=O)N2CCCN(Cc3ccc(C#N)cc3)CC2)sc2ncn(C)c(=O)c12. The molecule has 30 heavy (non-hydrogen) atoms. The van der Waals surface area contributed by atoms with Crippen molar-refractivity contribution in [2.24, 2.45) is 7.05 Å². The number of benzene rings is 1. The van der Waals surface area contributed by atoms with Gasteiger partial charge < -0.3 is 9.47 Å². The van der Waals surface area contributed by atoms with Crippen molar-refractivity contribution in [1.82, 2.24) is 19.4 Å². The fraction of sp³-hybridized carbons (Fsp3) is 0.364. The number of hydrogen-bond donors (Lipinski definition) is 0. The van der Waals surface area contributed by atoms with Gasteiger partial charge in [0.2, 0.25) is 0 Å². The fourth-order valence-corrected chi connectivity index (χ4v) is 4.94. The Kier molecular flexibility index (Phi) is 5.66. The van der Waals surface area contributed by atoms with E-state index in [4.69, 9.17) is 5.26 Å². The highest BCUT2D eigenvalue weighted by molar-refractivity contribution is 7.20. The van der Waals surface area contributed by atoms with Gasteiger partial charge in [0, 0.05) is 39.8 Å². The molecule has 4 rings (SSSR count). The van der Waals surface area contributed by atoms with Crippen molar-refractivity contribution in [2.75, 3.05) is 26.2 Å². The molecule has 0 spiro atoms. The van der Waals surface area contributed by atoms with Crippen molar-refractivity contribution < 1.29 is 4.79 Å². The molecule has 0 atom stereocenters. The van der Waals surface area contributed by atoms with Crippen LogP contribution < -0.4 is 5.56 Å². The van der Waals surface area contributed by atoms with Gasteiger partial charge >= 0.3 is 0 Å². The van der Waals surface area contributed by atoms with E-state index >= 15 is 0 Å². The molecule has 0 saturated carbocycles. The number of hydrogen-bond acceptors (Lipinski definition) is 6. The lowest BCUT2D eigenvalue weighted by atomic mass is 10.1. The van der Waals surface area contributed by atoms with Gasteiger partial charge in [0.15, 0.2) is 0 Å². The van der Waals surface area contributed by atoms with Crippen LogP contribution in [-0.2, 0) is 13.6 Å². The van der Waals surface area contributed by atoms with E-state index in [0.29, 0.717) is 33.7 Å². The van der Waals surface area contributed by atoms with Crippen LogP contribution in [0.15, 0.2) is 35.4 Å². The molecule has 1 aromatic carbocycles. The van der Waals surface area contributed by atoms with Crippen LogP contribution in [0.3, 0.4) is 0 Å². The summed E-state index contributed by atoms with van der Waals surface area (Å²) in [6, 6.07) is 9.79. The summed E-state index contributed by atoms with van der Waals surface area (Å²) in [7, 11) is 1.67. The molecule has 0 N–H and O–H groups in total. The predicted molar refractivity (Wildman–Crippen MR) is 117 cm³/mol. The second-order valence-electron chi connectivity index (χ2n) is 7.63. The van der Waals surface area contributed by atoms with Crippen LogP contribution in [0.5, 0.6) is 0 Å². The standard InChI is InChI=1S/C22H23N5O2S/c1-15-18-20(24-14-25(2)21(18)28)30-19(15)22(29)27-9-3-8-26(10-11-27)13-17-6-4-16(12-23)5-7-17/h4-7,14H,3,8-11,13H2,1-2H3. The lowest BCUT2D eigenvalue weighted by molar-refractivity contribution is 0.0765. The number of amides is 1. The molecule has 0 unspecified atom stereocenters. The van der Waals surface area contributed by atoms with Gasteiger partial charge in [0.05, 0.1) is 28.2 Å². The minimum atomic E-state index is -0.114. The van der Waals surface area contributed by atoms with Crippen molar-refractivity contribution in [3.05, 3.63) is 62.5 Å². The molecule has 1 fully saturated rings. The van der Waals surface area contributed by atoms with E-state index in [1.165, 1.54) is 22.2 Å². The number of carbonyl (C=O) groups excluding carboxylic acids is 1. The number of nitrogens with zero attached hydrogens (tertiary/aromatic N) is 5. The Morgan fingerprint density at radius 3 is 2.70 bits per heavy atom. The molecule has 2 aromatic heterocycles. The normalized spacial score (nSPS) is 15.2. The molecule has 3 aromatic rings. The van der Waals surface area contributed by atoms with E-state index in [1.807, 2.05) is 36.1 Å². The molecular formula is C22H23N5O2S. The number of aromatic nitrogens is 2. The van der Waals surface area contributed by atoms with E-state index < -0.39 is 0 Å². The number of nitriles is 1. The highest BCUT2D eigenvalue weighted by atomic mass is 32.1. The van der Waals surface area contributed by atoms with Gasteiger partial charge in [0.1, 0.15) is 4.83 Å². The summed E-state index contributed by atoms with van der Waals surface area (Å²) < 4.78 is 1.45. The van der Waals surface area contributed by atoms with Crippen molar-refractivity contribution in [1.29, 1.82) is 5.26 Å². The number of rotatable bonds is 3. The summed E-state index contributed by atoms with van der Waals surface area (Å²) in [6.45, 7) is 5.68. The third kappa shape index (κ3) is 3.86. The molecule has 1 amide bonds. The average Bonchev–Trinajstić information content (AvgIpc) is 2.93. The second kappa shape index (κ2) is 8.38. The molecule has 1 aliphatic heterocycles. The van der Waals surface area contributed by atoms with Crippen LogP contribution in [0.25, 0.3) is 10.2 Å². The first-order valence-electron chi connectivity index (χ1n) is 9.93. The monoisotopic (exact) mass is 421 g/mol. The van der Waals surface area contributed by atoms with Crippen molar-refractivity contribution in [3.8, 4) is 6.07 Å². The number of thiophene rings is 1. The van der Waals surface area contributed by atoms with Crippen LogP contribution in [-0.4, -0.2) is 51.4 Å². The predicted octanol–water partition coefficient (Wildman–Crippen LogP) is 2.52. The van der Waals surface area contributed by atoms with Gasteiger partial charge in [-0.1, -0.05) is 12.1 Å². The number of fused-ring (bicyclic) bond motifs is 1. The quantitative estimate of drug-likeness (QED) is 0.649. The zero-order valence-corrected chi connectivity index (χ0v) is 17.9. The zero-order valence-electron chi connectivity index (χ0n) is 17.1. The van der Waals surface area contributed by atoms with Gasteiger partial charge in [-0.25, -0.2) is 4.98 Å². The lowest BCUT2D eigenvalue weighted by Crippen LogP contribution is -2.35. The summed E-state index contributed by atoms with van der Waals surface area (Å²) >= 11 is 1.31. The number of aryl methyl sites for hydroxylation is 2. The van der Waals surface area contributed by atoms with Crippen LogP contribution in [0.4, 0.5) is 0 Å². The fourth-order valence-electron chi connectivity index (χ4n) is 3.83. The molecule has 154 valence electrons. The first kappa shape index (κ1) is 20.3. The van der Waals surface area contributed by atoms with Crippen molar-refractivity contribution >= 4 is 27.5 Å². The Balaban J connectivity index is 1.48. The molecule has 0 bridgehead atoms. The van der Waals surface area contributed by atoms with E-state index in [-0.39, 0.29) is 11.5 Å². The molecule has 0 aliphatic carbocycles. The minimum Gasteiger partial charge on any atom is -0.337 e. The topological polar surface area (TPSA) is 82.2 Å². The van der Waals surface area contributed by atoms with E-state index in [2.05, 4.69) is 16.0 Å². The summed E-state index contributed by atoms with van der Waals surface area (Å²) in [5, 5.41) is 9.48. The summed E-state index contributed by atoms with van der Waals surface area (Å²) in [4.78, 5) is 35.5. The van der Waals surface area contributed by atoms with Crippen molar-refractivity contribution in [2.45, 2.75) is 19.9 Å². The Morgan fingerprint density at radius 1 is 1.20 bits per heavy atom. The van der Waals surface area contributed by atoms with E-state index in [0.717, 1.165) is 37.2 Å². The molecule has 8 heteroatoms. The lowest BCUT2D eigenvalue weighted by Gasteiger charge is -2.22. The maximum Gasteiger partial charge on any atom is 0.264 e. The smallest absolute Gasteiger partial charge is 0.264 e. The molecule has 3 heterocycles. The van der Waals surface area contributed by atoms with Gasteiger partial charge in [-0.05, 0) is 36.6 Å². The highest BCUT2D eigenvalue weighted by Gasteiger charge is 2.25. The Labute approximate surface area is 178 Å². The van der Waals surface area contributed by atoms with Crippen LogP contribution in [0, 0.1) is 18.3 Å². The van der Waals surface area contributed by atoms with Crippen LogP contribution >= 0.6 is 11.3 Å². The maximum absolute atomic E-state index is 13.2. The third-order valence-electron chi connectivity index (χ3n) is 5.57. The first-order valence-corrected chi connectivity index (χ1v) is 10.7. The third-order valence-corrected chi connectivity index (χ3v) is 6.76. The second-order valence-corrected chi connectivity index (χ2v) is 8.63.